The number of carbonyl (C=O) groups excluding carboxylic acids is 1. The van der Waals surface area contributed by atoms with E-state index in [1.807, 2.05) is 17.3 Å². The second kappa shape index (κ2) is 7.32. The third-order valence-corrected chi connectivity index (χ3v) is 6.64. The number of nitrogens with zero attached hydrogens (tertiary/aromatic N) is 5. The minimum absolute atomic E-state index is 0.105. The molecular formula is C22H29N5O. The first-order valence-corrected chi connectivity index (χ1v) is 10.7. The number of hydrogen-bond acceptors (Lipinski definition) is 4. The van der Waals surface area contributed by atoms with Gasteiger partial charge in [-0.2, -0.15) is 0 Å². The molecule has 1 saturated carbocycles. The van der Waals surface area contributed by atoms with Crippen LogP contribution >= 0.6 is 0 Å². The van der Waals surface area contributed by atoms with Crippen LogP contribution in [0.2, 0.25) is 0 Å². The smallest absolute Gasteiger partial charge is 0.244 e. The maximum Gasteiger partial charge on any atom is 0.244 e. The average Bonchev–Trinajstić information content (AvgIpc) is 3.48. The van der Waals surface area contributed by atoms with Crippen molar-refractivity contribution in [3.63, 3.8) is 0 Å². The Kier molecular flexibility index (Phi) is 4.67. The van der Waals surface area contributed by atoms with Crippen LogP contribution < -0.4 is 4.90 Å². The Bertz CT molecular complexity index is 858. The number of rotatable bonds is 4. The Balaban J connectivity index is 1.32. The summed E-state index contributed by atoms with van der Waals surface area (Å²) in [5.41, 5.74) is 2.40. The maximum atomic E-state index is 13.4. The number of aryl methyl sites for hydroxylation is 1. The minimum atomic E-state index is -0.105. The van der Waals surface area contributed by atoms with Gasteiger partial charge in [-0.3, -0.25) is 9.69 Å². The number of benzene rings is 1. The summed E-state index contributed by atoms with van der Waals surface area (Å²) < 4.78 is 2.28. The summed E-state index contributed by atoms with van der Waals surface area (Å²) in [5, 5.41) is 8.63. The molecule has 6 heteroatoms. The Morgan fingerprint density at radius 2 is 2.00 bits per heavy atom. The lowest BCUT2D eigenvalue weighted by molar-refractivity contribution is -0.123. The molecule has 1 aromatic heterocycles. The highest BCUT2D eigenvalue weighted by atomic mass is 16.2. The molecule has 1 aromatic carbocycles. The van der Waals surface area contributed by atoms with Crippen LogP contribution in [0, 0.1) is 0 Å². The van der Waals surface area contributed by atoms with E-state index in [4.69, 9.17) is 0 Å². The molecule has 0 bridgehead atoms. The zero-order valence-electron chi connectivity index (χ0n) is 16.6. The summed E-state index contributed by atoms with van der Waals surface area (Å²) >= 11 is 0. The molecular weight excluding hydrogens is 350 g/mol. The highest BCUT2D eigenvalue weighted by Crippen LogP contribution is 2.38. The molecule has 0 radical (unpaired) electrons. The first-order chi connectivity index (χ1) is 13.7. The van der Waals surface area contributed by atoms with Crippen molar-refractivity contribution in [2.75, 3.05) is 24.5 Å². The predicted octanol–water partition coefficient (Wildman–Crippen LogP) is 3.16. The quantitative estimate of drug-likeness (QED) is 0.819. The lowest BCUT2D eigenvalue weighted by atomic mass is 9.95. The Hall–Kier alpha value is -2.21. The SMILES string of the molecule is C[C@@H](C(=O)N1CCCc2ccccc21)N1CCC[C@@H](c2nncn2C2CC2)C1. The molecule has 0 spiro atoms. The second-order valence-corrected chi connectivity index (χ2v) is 8.56. The number of aromatic nitrogens is 3. The van der Waals surface area contributed by atoms with Crippen molar-refractivity contribution in [3.8, 4) is 0 Å². The summed E-state index contributed by atoms with van der Waals surface area (Å²) in [6.45, 7) is 4.78. The molecule has 2 fully saturated rings. The zero-order chi connectivity index (χ0) is 19.1. The minimum Gasteiger partial charge on any atom is -0.314 e. The van der Waals surface area contributed by atoms with E-state index < -0.39 is 0 Å². The first kappa shape index (κ1) is 17.9. The molecule has 3 heterocycles. The molecule has 1 amide bonds. The summed E-state index contributed by atoms with van der Waals surface area (Å²) in [6.07, 6.45) is 8.73. The third-order valence-electron chi connectivity index (χ3n) is 6.64. The lowest BCUT2D eigenvalue weighted by Crippen LogP contribution is -2.51. The van der Waals surface area contributed by atoms with Crippen molar-refractivity contribution in [2.45, 2.75) is 63.5 Å². The van der Waals surface area contributed by atoms with E-state index in [9.17, 15) is 4.79 Å². The molecule has 2 atom stereocenters. The Labute approximate surface area is 166 Å². The largest absolute Gasteiger partial charge is 0.314 e. The zero-order valence-corrected chi connectivity index (χ0v) is 16.6. The Morgan fingerprint density at radius 1 is 1.14 bits per heavy atom. The van der Waals surface area contributed by atoms with Gasteiger partial charge in [0.1, 0.15) is 12.2 Å². The molecule has 2 aromatic rings. The van der Waals surface area contributed by atoms with Gasteiger partial charge in [0.15, 0.2) is 0 Å². The van der Waals surface area contributed by atoms with Crippen LogP contribution in [0.3, 0.4) is 0 Å². The van der Waals surface area contributed by atoms with Gasteiger partial charge in [-0.05, 0) is 63.6 Å². The van der Waals surface area contributed by atoms with Crippen molar-refractivity contribution < 1.29 is 4.79 Å². The van der Waals surface area contributed by atoms with Gasteiger partial charge in [0.2, 0.25) is 5.91 Å². The van der Waals surface area contributed by atoms with Crippen molar-refractivity contribution in [2.24, 2.45) is 0 Å². The van der Waals surface area contributed by atoms with E-state index in [1.54, 1.807) is 0 Å². The van der Waals surface area contributed by atoms with Crippen LogP contribution in [0.25, 0.3) is 0 Å². The third kappa shape index (κ3) is 3.24. The van der Waals surface area contributed by atoms with Crippen LogP contribution in [0.15, 0.2) is 30.6 Å². The van der Waals surface area contributed by atoms with Crippen LogP contribution in [0.5, 0.6) is 0 Å². The van der Waals surface area contributed by atoms with Gasteiger partial charge in [-0.1, -0.05) is 18.2 Å². The molecule has 0 unspecified atom stereocenters. The summed E-state index contributed by atoms with van der Waals surface area (Å²) in [4.78, 5) is 17.8. The molecule has 28 heavy (non-hydrogen) atoms. The number of hydrogen-bond donors (Lipinski definition) is 0. The summed E-state index contributed by atoms with van der Waals surface area (Å²) in [6, 6.07) is 8.85. The van der Waals surface area contributed by atoms with Gasteiger partial charge in [0.25, 0.3) is 0 Å². The number of piperidine rings is 1. The van der Waals surface area contributed by atoms with E-state index in [2.05, 4.69) is 44.8 Å². The second-order valence-electron chi connectivity index (χ2n) is 8.56. The number of amides is 1. The van der Waals surface area contributed by atoms with Gasteiger partial charge in [-0.25, -0.2) is 0 Å². The van der Waals surface area contributed by atoms with Crippen LogP contribution in [-0.4, -0.2) is 51.2 Å². The Morgan fingerprint density at radius 3 is 2.86 bits per heavy atom. The van der Waals surface area contributed by atoms with E-state index in [0.29, 0.717) is 12.0 Å². The fourth-order valence-corrected chi connectivity index (χ4v) is 4.89. The van der Waals surface area contributed by atoms with Crippen LogP contribution in [0.4, 0.5) is 5.69 Å². The predicted molar refractivity (Wildman–Crippen MR) is 108 cm³/mol. The van der Waals surface area contributed by atoms with Crippen molar-refractivity contribution in [1.82, 2.24) is 19.7 Å². The molecule has 1 aliphatic carbocycles. The van der Waals surface area contributed by atoms with Gasteiger partial charge in [0.05, 0.1) is 6.04 Å². The standard InChI is InChI=1S/C22H29N5O/c1-16(22(28)26-13-5-7-17-6-2-3-9-20(17)26)25-12-4-8-18(14-25)21-24-23-15-27(21)19-10-11-19/h2-3,6,9,15-16,18-19H,4-5,7-8,10-14H2,1H3/t16-,18+/m0/s1. The monoisotopic (exact) mass is 379 g/mol. The number of carbonyl (C=O) groups is 1. The van der Waals surface area contributed by atoms with E-state index in [-0.39, 0.29) is 11.9 Å². The highest BCUT2D eigenvalue weighted by molar-refractivity contribution is 5.98. The summed E-state index contributed by atoms with van der Waals surface area (Å²) in [5.74, 6) is 1.73. The van der Waals surface area contributed by atoms with Gasteiger partial charge in [0, 0.05) is 30.7 Å². The molecule has 2 aliphatic heterocycles. The highest BCUT2D eigenvalue weighted by Gasteiger charge is 2.35. The summed E-state index contributed by atoms with van der Waals surface area (Å²) in [7, 11) is 0. The van der Waals surface area contributed by atoms with Crippen molar-refractivity contribution in [1.29, 1.82) is 0 Å². The number of likely N-dealkylation sites (tertiary alicyclic amines) is 1. The molecule has 6 nitrogen and oxygen atoms in total. The van der Waals surface area contributed by atoms with Crippen molar-refractivity contribution >= 4 is 11.6 Å². The normalized spacial score (nSPS) is 24.0. The van der Waals surface area contributed by atoms with Crippen molar-refractivity contribution in [3.05, 3.63) is 42.0 Å². The topological polar surface area (TPSA) is 54.3 Å². The number of para-hydroxylation sites is 1. The lowest BCUT2D eigenvalue weighted by Gasteiger charge is -2.39. The maximum absolute atomic E-state index is 13.4. The van der Waals surface area contributed by atoms with E-state index in [1.165, 1.54) is 18.4 Å². The fraction of sp³-hybridized carbons (Fsp3) is 0.591. The van der Waals surface area contributed by atoms with Gasteiger partial charge < -0.3 is 9.47 Å². The van der Waals surface area contributed by atoms with Gasteiger partial charge in [-0.15, -0.1) is 10.2 Å². The molecule has 0 N–H and O–H groups in total. The molecule has 148 valence electrons. The number of fused-ring (bicyclic) bond motifs is 1. The fourth-order valence-electron chi connectivity index (χ4n) is 4.89. The average molecular weight is 380 g/mol. The molecule has 3 aliphatic rings. The van der Waals surface area contributed by atoms with E-state index in [0.717, 1.165) is 56.8 Å². The van der Waals surface area contributed by atoms with Crippen LogP contribution in [0.1, 0.15) is 62.4 Å². The van der Waals surface area contributed by atoms with Gasteiger partial charge >= 0.3 is 0 Å². The molecule has 1 saturated heterocycles. The molecule has 5 rings (SSSR count). The number of anilines is 1. The van der Waals surface area contributed by atoms with Crippen LogP contribution in [-0.2, 0) is 11.2 Å². The van der Waals surface area contributed by atoms with E-state index >= 15 is 0 Å². The first-order valence-electron chi connectivity index (χ1n) is 10.7.